The van der Waals surface area contributed by atoms with Crippen molar-refractivity contribution in [3.8, 4) is 11.5 Å². The number of rotatable bonds is 13. The average Bonchev–Trinajstić information content (AvgIpc) is 3.23. The summed E-state index contributed by atoms with van der Waals surface area (Å²) in [6.45, 7) is 1.20. The molecule has 1 aromatic heterocycles. The highest BCUT2D eigenvalue weighted by Gasteiger charge is 2.06. The molecule has 1 heterocycles. The summed E-state index contributed by atoms with van der Waals surface area (Å²) in [5.74, 6) is 1.11. The Hall–Kier alpha value is -3.52. The van der Waals surface area contributed by atoms with Gasteiger partial charge in [0.2, 0.25) is 11.8 Å². The Morgan fingerprint density at radius 3 is 2.48 bits per heavy atom. The summed E-state index contributed by atoms with van der Waals surface area (Å²) in [7, 11) is 1.66. The van der Waals surface area contributed by atoms with E-state index >= 15 is 0 Å². The maximum absolute atomic E-state index is 12.2. The van der Waals surface area contributed by atoms with Crippen molar-refractivity contribution in [2.24, 2.45) is 0 Å². The highest BCUT2D eigenvalue weighted by atomic mass is 16.5. The zero-order valence-electron chi connectivity index (χ0n) is 18.9. The fourth-order valence-corrected chi connectivity index (χ4v) is 3.63. The summed E-state index contributed by atoms with van der Waals surface area (Å²) in [5, 5.41) is 12.5. The van der Waals surface area contributed by atoms with Crippen molar-refractivity contribution >= 4 is 28.4 Å². The van der Waals surface area contributed by atoms with E-state index in [1.54, 1.807) is 12.6 Å². The van der Waals surface area contributed by atoms with E-state index in [2.05, 4.69) is 16.0 Å². The lowest BCUT2D eigenvalue weighted by atomic mass is 10.1. The maximum Gasteiger partial charge on any atom is 0.243 e. The largest absolute Gasteiger partial charge is 0.497 e. The molecule has 2 aromatic carbocycles. The predicted octanol–water partition coefficient (Wildman–Crippen LogP) is 4.51. The van der Waals surface area contributed by atoms with E-state index in [1.807, 2.05) is 48.7 Å². The second-order valence-electron chi connectivity index (χ2n) is 7.81. The summed E-state index contributed by atoms with van der Waals surface area (Å²) in [5.41, 5.74) is 3.44. The number of carbonyl (C=O) groups excluding carboxylic acids is 2. The fraction of sp³-hybridized carbons (Fsp3) is 0.360. The van der Waals surface area contributed by atoms with Crippen LogP contribution in [-0.2, 0) is 16.1 Å². The van der Waals surface area contributed by atoms with Crippen LogP contribution in [0.4, 0.5) is 5.69 Å². The van der Waals surface area contributed by atoms with Gasteiger partial charge in [0.1, 0.15) is 18.1 Å². The van der Waals surface area contributed by atoms with E-state index in [1.165, 1.54) is 0 Å². The highest BCUT2D eigenvalue weighted by Crippen LogP contribution is 2.22. The number of hydrogen-bond donors (Lipinski definition) is 3. The molecule has 0 saturated heterocycles. The first-order valence-corrected chi connectivity index (χ1v) is 11.2. The monoisotopic (exact) mass is 453 g/mol. The zero-order chi connectivity index (χ0) is 23.5. The third-order valence-corrected chi connectivity index (χ3v) is 5.38. The first kappa shape index (κ1) is 24.1. The predicted molar refractivity (Wildman–Crippen MR) is 127 cm³/mol. The number of aromatic nitrogens is 1. The van der Waals surface area contributed by atoms with Crippen LogP contribution in [0.2, 0.25) is 0 Å². The summed E-state index contributed by atoms with van der Waals surface area (Å²) in [4.78, 5) is 23.1. The molecule has 2 amide bonds. The Balaban J connectivity index is 1.40. The van der Waals surface area contributed by atoms with Crippen LogP contribution < -0.4 is 20.3 Å². The number of amides is 2. The number of fused-ring (bicyclic) bond motifs is 1. The van der Waals surface area contributed by atoms with Gasteiger partial charge in [0.05, 0.1) is 13.7 Å². The van der Waals surface area contributed by atoms with Crippen LogP contribution in [0.15, 0.2) is 54.7 Å². The molecule has 3 aromatic rings. The van der Waals surface area contributed by atoms with Gasteiger partial charge in [-0.15, -0.1) is 0 Å². The molecule has 0 atom stereocenters. The first-order chi connectivity index (χ1) is 16.1. The molecular weight excluding hydrogens is 422 g/mol. The molecule has 3 rings (SSSR count). The van der Waals surface area contributed by atoms with Crippen molar-refractivity contribution in [2.75, 3.05) is 19.0 Å². The minimum atomic E-state index is -0.378. The molecular formula is C25H31N3O5. The molecule has 0 unspecified atom stereocenters. The molecule has 0 bridgehead atoms. The number of ether oxygens (including phenoxy) is 2. The van der Waals surface area contributed by atoms with Gasteiger partial charge in [0, 0.05) is 41.7 Å². The van der Waals surface area contributed by atoms with Crippen molar-refractivity contribution in [1.82, 2.24) is 10.0 Å². The number of unbranched alkanes of at least 4 members (excludes halogenated alkanes) is 3. The van der Waals surface area contributed by atoms with E-state index in [-0.39, 0.29) is 11.8 Å². The molecule has 0 spiro atoms. The Bertz CT molecular complexity index is 1060. The molecule has 0 saturated carbocycles. The van der Waals surface area contributed by atoms with Crippen LogP contribution in [0.25, 0.3) is 10.9 Å². The van der Waals surface area contributed by atoms with E-state index < -0.39 is 0 Å². The van der Waals surface area contributed by atoms with Gasteiger partial charge in [-0.2, -0.15) is 0 Å². The minimum absolute atomic E-state index is 0.0468. The Morgan fingerprint density at radius 2 is 1.73 bits per heavy atom. The van der Waals surface area contributed by atoms with Crippen molar-refractivity contribution in [3.05, 3.63) is 54.7 Å². The van der Waals surface area contributed by atoms with Gasteiger partial charge in [-0.25, -0.2) is 5.48 Å². The zero-order valence-corrected chi connectivity index (χ0v) is 18.9. The van der Waals surface area contributed by atoms with E-state index in [4.69, 9.17) is 14.7 Å². The van der Waals surface area contributed by atoms with Crippen molar-refractivity contribution in [2.45, 2.75) is 45.1 Å². The van der Waals surface area contributed by atoms with E-state index in [0.29, 0.717) is 43.9 Å². The molecule has 0 aliphatic heterocycles. The number of nitrogens with one attached hydrogen (secondary N) is 2. The number of carbonyl (C=O) groups is 2. The molecule has 0 aliphatic carbocycles. The third kappa shape index (κ3) is 7.54. The van der Waals surface area contributed by atoms with Crippen LogP contribution in [0.5, 0.6) is 11.5 Å². The summed E-state index contributed by atoms with van der Waals surface area (Å²) in [6.07, 6.45) is 5.89. The Labute approximate surface area is 193 Å². The minimum Gasteiger partial charge on any atom is -0.497 e. The lowest BCUT2D eigenvalue weighted by molar-refractivity contribution is -0.129. The third-order valence-electron chi connectivity index (χ3n) is 5.38. The summed E-state index contributed by atoms with van der Waals surface area (Å²) < 4.78 is 13.3. The SMILES string of the molecule is COc1ccc2c(ccn2CCOc2cccc(NC(=O)CCCCCCC(=O)NO)c2)c1. The smallest absolute Gasteiger partial charge is 0.243 e. The number of methoxy groups -OCH3 is 1. The van der Waals surface area contributed by atoms with Crippen LogP contribution in [0.1, 0.15) is 38.5 Å². The molecule has 0 radical (unpaired) electrons. The second-order valence-corrected chi connectivity index (χ2v) is 7.81. The molecule has 33 heavy (non-hydrogen) atoms. The number of anilines is 1. The van der Waals surface area contributed by atoms with Gasteiger partial charge in [-0.1, -0.05) is 18.9 Å². The summed E-state index contributed by atoms with van der Waals surface area (Å²) >= 11 is 0. The van der Waals surface area contributed by atoms with E-state index in [0.717, 1.165) is 35.9 Å². The molecule has 0 aliphatic rings. The number of nitrogens with zero attached hydrogens (tertiary/aromatic N) is 1. The van der Waals surface area contributed by atoms with Crippen molar-refractivity contribution in [1.29, 1.82) is 0 Å². The lowest BCUT2D eigenvalue weighted by Gasteiger charge is -2.11. The van der Waals surface area contributed by atoms with Crippen LogP contribution in [-0.4, -0.2) is 35.3 Å². The number of hydroxylamine groups is 1. The van der Waals surface area contributed by atoms with Gasteiger partial charge in [0.15, 0.2) is 0 Å². The first-order valence-electron chi connectivity index (χ1n) is 11.2. The van der Waals surface area contributed by atoms with Gasteiger partial charge in [-0.05, 0) is 49.2 Å². The van der Waals surface area contributed by atoms with Crippen LogP contribution in [0.3, 0.4) is 0 Å². The van der Waals surface area contributed by atoms with Gasteiger partial charge >= 0.3 is 0 Å². The number of hydrogen-bond acceptors (Lipinski definition) is 5. The Kier molecular flexibility index (Phi) is 9.14. The van der Waals surface area contributed by atoms with Crippen LogP contribution in [0, 0.1) is 0 Å². The molecule has 8 nitrogen and oxygen atoms in total. The molecule has 176 valence electrons. The summed E-state index contributed by atoms with van der Waals surface area (Å²) in [6, 6.07) is 15.4. The van der Waals surface area contributed by atoms with Gasteiger partial charge in [-0.3, -0.25) is 14.8 Å². The quantitative estimate of drug-likeness (QED) is 0.201. The lowest BCUT2D eigenvalue weighted by Crippen LogP contribution is -2.17. The highest BCUT2D eigenvalue weighted by molar-refractivity contribution is 5.90. The molecule has 3 N–H and O–H groups in total. The van der Waals surface area contributed by atoms with Gasteiger partial charge in [0.25, 0.3) is 0 Å². The Morgan fingerprint density at radius 1 is 0.939 bits per heavy atom. The second kappa shape index (κ2) is 12.5. The average molecular weight is 454 g/mol. The normalized spacial score (nSPS) is 10.7. The topological polar surface area (TPSA) is 102 Å². The molecule has 0 fully saturated rings. The maximum atomic E-state index is 12.2. The van der Waals surface area contributed by atoms with Crippen molar-refractivity contribution in [3.63, 3.8) is 0 Å². The van der Waals surface area contributed by atoms with Crippen molar-refractivity contribution < 1.29 is 24.3 Å². The number of benzene rings is 2. The van der Waals surface area contributed by atoms with E-state index in [9.17, 15) is 9.59 Å². The fourth-order valence-electron chi connectivity index (χ4n) is 3.63. The molecule has 8 heteroatoms. The van der Waals surface area contributed by atoms with Crippen LogP contribution >= 0.6 is 0 Å². The van der Waals surface area contributed by atoms with Gasteiger partial charge < -0.3 is 19.4 Å². The standard InChI is InChI=1S/C25H31N3O5/c1-32-21-11-12-23-19(17-21)13-14-28(23)15-16-33-22-8-6-7-20(18-22)26-24(29)9-4-2-3-5-10-25(30)27-31/h6-8,11-14,17-18,31H,2-5,9-10,15-16H2,1H3,(H,26,29)(H,27,30).